The molecule has 0 aromatic carbocycles. The molecule has 0 aromatic heterocycles. The van der Waals surface area contributed by atoms with Crippen LogP contribution in [-0.2, 0) is 9.59 Å². The van der Waals surface area contributed by atoms with Crippen molar-refractivity contribution in [2.24, 2.45) is 17.3 Å². The van der Waals surface area contributed by atoms with E-state index in [0.717, 1.165) is 25.9 Å². The highest BCUT2D eigenvalue weighted by Gasteiger charge is 2.65. The normalized spacial score (nSPS) is 30.2. The molecule has 114 valence electrons. The molecule has 1 aliphatic heterocycles. The van der Waals surface area contributed by atoms with Crippen LogP contribution in [0, 0.1) is 17.3 Å². The summed E-state index contributed by atoms with van der Waals surface area (Å²) in [6.07, 6.45) is 1.91. The van der Waals surface area contributed by atoms with E-state index in [1.165, 1.54) is 0 Å². The molecule has 0 radical (unpaired) electrons. The number of likely N-dealkylation sites (tertiary alicyclic amines) is 1. The van der Waals surface area contributed by atoms with E-state index in [1.54, 1.807) is 0 Å². The van der Waals surface area contributed by atoms with Gasteiger partial charge in [-0.2, -0.15) is 0 Å². The van der Waals surface area contributed by atoms with Gasteiger partial charge in [-0.15, -0.1) is 0 Å². The van der Waals surface area contributed by atoms with E-state index < -0.39 is 17.3 Å². The fourth-order valence-electron chi connectivity index (χ4n) is 3.44. The maximum atomic E-state index is 12.2. The number of aliphatic carboxylic acids is 1. The average Bonchev–Trinajstić information content (AvgIpc) is 2.93. The fraction of sp³-hybridized carbons (Fsp3) is 0.867. The molecule has 20 heavy (non-hydrogen) atoms. The summed E-state index contributed by atoms with van der Waals surface area (Å²) < 4.78 is 0. The lowest BCUT2D eigenvalue weighted by molar-refractivity contribution is -0.140. The number of nitrogens with one attached hydrogen (secondary N) is 1. The summed E-state index contributed by atoms with van der Waals surface area (Å²) in [7, 11) is 0. The lowest BCUT2D eigenvalue weighted by Gasteiger charge is -2.35. The monoisotopic (exact) mass is 282 g/mol. The quantitative estimate of drug-likeness (QED) is 0.816. The van der Waals surface area contributed by atoms with Crippen molar-refractivity contribution in [3.8, 4) is 0 Å². The third-order valence-corrected chi connectivity index (χ3v) is 4.98. The Balaban J connectivity index is 1.84. The zero-order chi connectivity index (χ0) is 15.1. The Morgan fingerprint density at radius 2 is 1.75 bits per heavy atom. The van der Waals surface area contributed by atoms with Crippen LogP contribution < -0.4 is 5.32 Å². The number of carbonyl (C=O) groups is 2. The van der Waals surface area contributed by atoms with Gasteiger partial charge in [-0.05, 0) is 32.1 Å². The number of carbonyl (C=O) groups excluding carboxylic acids is 1. The van der Waals surface area contributed by atoms with Crippen molar-refractivity contribution in [2.75, 3.05) is 13.1 Å². The molecule has 0 bridgehead atoms. The molecule has 5 heteroatoms. The van der Waals surface area contributed by atoms with E-state index in [1.807, 2.05) is 13.8 Å². The number of hydrogen-bond acceptors (Lipinski definition) is 3. The van der Waals surface area contributed by atoms with Crippen LogP contribution in [0.3, 0.4) is 0 Å². The highest BCUT2D eigenvalue weighted by atomic mass is 16.4. The van der Waals surface area contributed by atoms with Gasteiger partial charge >= 0.3 is 5.97 Å². The van der Waals surface area contributed by atoms with Gasteiger partial charge in [0.05, 0.1) is 11.8 Å². The molecule has 1 saturated heterocycles. The first-order valence-corrected chi connectivity index (χ1v) is 7.52. The third kappa shape index (κ3) is 2.82. The summed E-state index contributed by atoms with van der Waals surface area (Å²) in [5, 5.41) is 12.2. The first-order chi connectivity index (χ1) is 9.25. The Labute approximate surface area is 120 Å². The Morgan fingerprint density at radius 1 is 1.20 bits per heavy atom. The summed E-state index contributed by atoms with van der Waals surface area (Å²) in [6.45, 7) is 10.1. The molecule has 2 aliphatic rings. The maximum absolute atomic E-state index is 12.2. The van der Waals surface area contributed by atoms with Crippen LogP contribution in [0.1, 0.15) is 40.5 Å². The van der Waals surface area contributed by atoms with E-state index in [-0.39, 0.29) is 17.9 Å². The Bertz CT molecular complexity index is 398. The molecule has 2 atom stereocenters. The summed E-state index contributed by atoms with van der Waals surface area (Å²) in [5.74, 6) is -1.84. The molecule has 0 spiro atoms. The van der Waals surface area contributed by atoms with Crippen LogP contribution in [0.4, 0.5) is 0 Å². The summed E-state index contributed by atoms with van der Waals surface area (Å²) >= 11 is 0. The van der Waals surface area contributed by atoms with Gasteiger partial charge in [0.15, 0.2) is 0 Å². The minimum atomic E-state index is -0.857. The minimum Gasteiger partial charge on any atom is -0.481 e. The number of amides is 1. The molecule has 1 heterocycles. The van der Waals surface area contributed by atoms with E-state index in [9.17, 15) is 9.59 Å². The van der Waals surface area contributed by atoms with Gasteiger partial charge in [-0.3, -0.25) is 9.59 Å². The lowest BCUT2D eigenvalue weighted by atomic mass is 10.0. The second kappa shape index (κ2) is 5.35. The van der Waals surface area contributed by atoms with Crippen LogP contribution in [-0.4, -0.2) is 47.1 Å². The predicted molar refractivity (Wildman–Crippen MR) is 76.3 cm³/mol. The van der Waals surface area contributed by atoms with Crippen molar-refractivity contribution >= 4 is 11.9 Å². The summed E-state index contributed by atoms with van der Waals surface area (Å²) in [6, 6.07) is 0.744. The predicted octanol–water partition coefficient (Wildman–Crippen LogP) is 1.33. The molecule has 2 fully saturated rings. The SMILES string of the molecule is CC(C)N1CCC(NC(=O)[C@H]2[C@@H](C(=O)O)C2(C)C)CC1. The van der Waals surface area contributed by atoms with Crippen LogP contribution >= 0.6 is 0 Å². The van der Waals surface area contributed by atoms with Gasteiger partial charge in [0.1, 0.15) is 0 Å². The van der Waals surface area contributed by atoms with Gasteiger partial charge in [0, 0.05) is 25.2 Å². The number of piperidine rings is 1. The Hall–Kier alpha value is -1.10. The number of carboxylic acids is 1. The lowest BCUT2D eigenvalue weighted by Crippen LogP contribution is -2.47. The Kier molecular flexibility index (Phi) is 4.09. The van der Waals surface area contributed by atoms with Crippen molar-refractivity contribution < 1.29 is 14.7 Å². The standard InChI is InChI=1S/C15H26N2O3/c1-9(2)17-7-5-10(6-8-17)16-13(18)11-12(14(19)20)15(11,3)4/h9-12H,5-8H2,1-4H3,(H,16,18)(H,19,20)/t11-,12+/m1/s1. The molecule has 1 amide bonds. The van der Waals surface area contributed by atoms with Crippen molar-refractivity contribution in [3.05, 3.63) is 0 Å². The molecule has 0 aromatic rings. The van der Waals surface area contributed by atoms with Crippen LogP contribution in [0.25, 0.3) is 0 Å². The van der Waals surface area contributed by atoms with E-state index in [2.05, 4.69) is 24.1 Å². The first kappa shape index (κ1) is 15.3. The van der Waals surface area contributed by atoms with Crippen molar-refractivity contribution in [2.45, 2.75) is 52.6 Å². The van der Waals surface area contributed by atoms with Crippen molar-refractivity contribution in [1.82, 2.24) is 10.2 Å². The molecular formula is C15H26N2O3. The number of carboxylic acid groups (broad SMARTS) is 1. The van der Waals surface area contributed by atoms with Gasteiger partial charge < -0.3 is 15.3 Å². The molecule has 2 rings (SSSR count). The smallest absolute Gasteiger partial charge is 0.307 e. The highest BCUT2D eigenvalue weighted by Crippen LogP contribution is 2.58. The van der Waals surface area contributed by atoms with E-state index in [4.69, 9.17) is 5.11 Å². The molecule has 1 saturated carbocycles. The number of nitrogens with zero attached hydrogens (tertiary/aromatic N) is 1. The fourth-order valence-corrected chi connectivity index (χ4v) is 3.44. The zero-order valence-electron chi connectivity index (χ0n) is 12.8. The molecule has 1 aliphatic carbocycles. The topological polar surface area (TPSA) is 69.6 Å². The first-order valence-electron chi connectivity index (χ1n) is 7.52. The van der Waals surface area contributed by atoms with Gasteiger partial charge in [0.25, 0.3) is 0 Å². The number of hydrogen-bond donors (Lipinski definition) is 2. The van der Waals surface area contributed by atoms with Crippen molar-refractivity contribution in [3.63, 3.8) is 0 Å². The zero-order valence-corrected chi connectivity index (χ0v) is 12.8. The van der Waals surface area contributed by atoms with Crippen LogP contribution in [0.2, 0.25) is 0 Å². The summed E-state index contributed by atoms with van der Waals surface area (Å²) in [4.78, 5) is 25.8. The van der Waals surface area contributed by atoms with E-state index in [0.29, 0.717) is 6.04 Å². The molecule has 0 unspecified atom stereocenters. The van der Waals surface area contributed by atoms with Crippen molar-refractivity contribution in [1.29, 1.82) is 0 Å². The highest BCUT2D eigenvalue weighted by molar-refractivity contribution is 5.91. The average molecular weight is 282 g/mol. The molecule has 2 N–H and O–H groups in total. The van der Waals surface area contributed by atoms with Crippen LogP contribution in [0.5, 0.6) is 0 Å². The van der Waals surface area contributed by atoms with Gasteiger partial charge in [0.2, 0.25) is 5.91 Å². The second-order valence-electron chi connectivity index (χ2n) is 7.03. The third-order valence-electron chi connectivity index (χ3n) is 4.98. The molecular weight excluding hydrogens is 256 g/mol. The number of rotatable bonds is 4. The minimum absolute atomic E-state index is 0.0783. The van der Waals surface area contributed by atoms with E-state index >= 15 is 0 Å². The summed E-state index contributed by atoms with van der Waals surface area (Å²) in [5.41, 5.74) is -0.408. The van der Waals surface area contributed by atoms with Gasteiger partial charge in [-0.25, -0.2) is 0 Å². The second-order valence-corrected chi connectivity index (χ2v) is 7.03. The largest absolute Gasteiger partial charge is 0.481 e. The van der Waals surface area contributed by atoms with Crippen LogP contribution in [0.15, 0.2) is 0 Å². The maximum Gasteiger partial charge on any atom is 0.307 e. The molecule has 5 nitrogen and oxygen atoms in total. The Morgan fingerprint density at radius 3 is 2.15 bits per heavy atom. The van der Waals surface area contributed by atoms with Gasteiger partial charge in [-0.1, -0.05) is 13.8 Å².